The second-order valence-electron chi connectivity index (χ2n) is 5.91. The number of hydrogen-bond acceptors (Lipinski definition) is 5. The van der Waals surface area contributed by atoms with Crippen molar-refractivity contribution < 1.29 is 18.0 Å². The van der Waals surface area contributed by atoms with Crippen molar-refractivity contribution in [1.29, 1.82) is 0 Å². The molecular weight excluding hydrogens is 335 g/mol. The average molecular weight is 359 g/mol. The minimum atomic E-state index is -4.43. The first-order valence-electron chi connectivity index (χ1n) is 8.56. The molecule has 3 rings (SSSR count). The molecule has 140 valence electrons. The van der Waals surface area contributed by atoms with E-state index in [0.29, 0.717) is 32.0 Å². The van der Waals surface area contributed by atoms with Crippen LogP contribution in [-0.4, -0.2) is 52.5 Å². The van der Waals surface area contributed by atoms with Gasteiger partial charge < -0.3 is 15.5 Å². The Morgan fingerprint density at radius 2 is 1.64 bits per heavy atom. The summed E-state index contributed by atoms with van der Waals surface area (Å²) in [6.45, 7) is 5.89. The number of aromatic nitrogens is 2. The molecule has 1 aromatic heterocycles. The van der Waals surface area contributed by atoms with Crippen molar-refractivity contribution in [3.63, 3.8) is 0 Å². The summed E-state index contributed by atoms with van der Waals surface area (Å²) >= 11 is 0. The lowest BCUT2D eigenvalue weighted by Crippen LogP contribution is -2.47. The van der Waals surface area contributed by atoms with Crippen LogP contribution in [0.15, 0.2) is 12.4 Å². The van der Waals surface area contributed by atoms with Crippen LogP contribution in [0.2, 0.25) is 0 Å². The topological polar surface area (TPSA) is 75.3 Å². The van der Waals surface area contributed by atoms with Crippen LogP contribution in [0.3, 0.4) is 0 Å². The fourth-order valence-electron chi connectivity index (χ4n) is 3.10. The Hall–Kier alpha value is -1.90. The van der Waals surface area contributed by atoms with E-state index >= 15 is 0 Å². The monoisotopic (exact) mass is 359 g/mol. The fraction of sp³-hybridized carbons (Fsp3) is 0.688. The standard InChI is InChI=1S/C14H18F3N5O.C2H6/c15-14(16,17)9-7-19-13(20-8-9)21-4-1-10(2-5-21)22-6-3-11(18)12(22)23;1-2/h7-8,10-11H,1-6,18H2;1-2H3. The molecule has 1 aromatic rings. The Bertz CT molecular complexity index is 570. The van der Waals surface area contributed by atoms with Gasteiger partial charge in [0.05, 0.1) is 11.6 Å². The first-order chi connectivity index (χ1) is 11.9. The van der Waals surface area contributed by atoms with Gasteiger partial charge >= 0.3 is 6.18 Å². The highest BCUT2D eigenvalue weighted by atomic mass is 19.4. The molecule has 0 saturated carbocycles. The van der Waals surface area contributed by atoms with Crippen molar-refractivity contribution in [2.24, 2.45) is 5.73 Å². The van der Waals surface area contributed by atoms with Crippen LogP contribution in [0.4, 0.5) is 19.1 Å². The number of nitrogens with two attached hydrogens (primary N) is 1. The molecule has 9 heteroatoms. The zero-order chi connectivity index (χ0) is 18.6. The third-order valence-electron chi connectivity index (χ3n) is 4.43. The molecule has 1 unspecified atom stereocenters. The number of likely N-dealkylation sites (tertiary alicyclic amines) is 1. The zero-order valence-corrected chi connectivity index (χ0v) is 14.5. The van der Waals surface area contributed by atoms with Crippen LogP contribution < -0.4 is 10.6 Å². The highest BCUT2D eigenvalue weighted by Crippen LogP contribution is 2.29. The normalized spacial score (nSPS) is 22.0. The van der Waals surface area contributed by atoms with Gasteiger partial charge in [-0.2, -0.15) is 13.2 Å². The van der Waals surface area contributed by atoms with Crippen LogP contribution in [-0.2, 0) is 11.0 Å². The lowest BCUT2D eigenvalue weighted by atomic mass is 10.0. The summed E-state index contributed by atoms with van der Waals surface area (Å²) in [6, 6.07) is -0.256. The Morgan fingerprint density at radius 3 is 2.08 bits per heavy atom. The van der Waals surface area contributed by atoms with Gasteiger partial charge in [-0.15, -0.1) is 0 Å². The quantitative estimate of drug-likeness (QED) is 0.875. The number of carbonyl (C=O) groups excluding carboxylic acids is 1. The lowest BCUT2D eigenvalue weighted by Gasteiger charge is -2.36. The number of rotatable bonds is 2. The molecule has 0 aromatic carbocycles. The Balaban J connectivity index is 0.00000109. The van der Waals surface area contributed by atoms with E-state index in [9.17, 15) is 18.0 Å². The molecule has 2 N–H and O–H groups in total. The predicted octanol–water partition coefficient (Wildman–Crippen LogP) is 2.05. The summed E-state index contributed by atoms with van der Waals surface area (Å²) < 4.78 is 37.5. The molecule has 2 aliphatic heterocycles. The highest BCUT2D eigenvalue weighted by molar-refractivity contribution is 5.84. The van der Waals surface area contributed by atoms with E-state index < -0.39 is 17.8 Å². The lowest BCUT2D eigenvalue weighted by molar-refractivity contribution is -0.138. The Kier molecular flexibility index (Phi) is 6.21. The van der Waals surface area contributed by atoms with E-state index in [4.69, 9.17) is 5.73 Å². The van der Waals surface area contributed by atoms with Gasteiger partial charge in [-0.05, 0) is 19.3 Å². The molecule has 0 radical (unpaired) electrons. The highest BCUT2D eigenvalue weighted by Gasteiger charge is 2.36. The summed E-state index contributed by atoms with van der Waals surface area (Å²) in [5.74, 6) is 0.287. The van der Waals surface area contributed by atoms with Crippen molar-refractivity contribution in [2.45, 2.75) is 51.4 Å². The van der Waals surface area contributed by atoms with Crippen molar-refractivity contribution in [3.05, 3.63) is 18.0 Å². The summed E-state index contributed by atoms with van der Waals surface area (Å²) in [7, 11) is 0. The van der Waals surface area contributed by atoms with Gasteiger partial charge in [0.2, 0.25) is 11.9 Å². The van der Waals surface area contributed by atoms with E-state index in [2.05, 4.69) is 9.97 Å². The van der Waals surface area contributed by atoms with Crippen molar-refractivity contribution >= 4 is 11.9 Å². The maximum Gasteiger partial charge on any atom is 0.419 e. The SMILES string of the molecule is CC.NC1CCN(C2CCN(c3ncc(C(F)(F)F)cn3)CC2)C1=O. The molecule has 2 aliphatic rings. The largest absolute Gasteiger partial charge is 0.419 e. The minimum absolute atomic E-state index is 0.00534. The van der Waals surface area contributed by atoms with E-state index in [0.717, 1.165) is 25.2 Å². The van der Waals surface area contributed by atoms with Crippen LogP contribution in [0.1, 0.15) is 38.7 Å². The van der Waals surface area contributed by atoms with Gasteiger partial charge in [0.25, 0.3) is 0 Å². The number of nitrogens with zero attached hydrogens (tertiary/aromatic N) is 4. The molecular formula is C16H24F3N5O. The van der Waals surface area contributed by atoms with E-state index in [1.807, 2.05) is 23.6 Å². The summed E-state index contributed by atoms with van der Waals surface area (Å²) in [6.07, 6.45) is -0.665. The maximum absolute atomic E-state index is 12.5. The Morgan fingerprint density at radius 1 is 1.08 bits per heavy atom. The molecule has 0 aliphatic carbocycles. The molecule has 25 heavy (non-hydrogen) atoms. The van der Waals surface area contributed by atoms with E-state index in [1.165, 1.54) is 0 Å². The first kappa shape index (κ1) is 19.4. The van der Waals surface area contributed by atoms with Gasteiger partial charge in [-0.1, -0.05) is 13.8 Å². The molecule has 0 spiro atoms. The predicted molar refractivity (Wildman–Crippen MR) is 87.9 cm³/mol. The molecule has 3 heterocycles. The third kappa shape index (κ3) is 4.39. The smallest absolute Gasteiger partial charge is 0.341 e. The number of anilines is 1. The molecule has 1 amide bonds. The summed E-state index contributed by atoms with van der Waals surface area (Å²) in [5.41, 5.74) is 4.88. The molecule has 1 atom stereocenters. The van der Waals surface area contributed by atoms with E-state index in [-0.39, 0.29) is 11.9 Å². The van der Waals surface area contributed by atoms with Gasteiger partial charge in [0.15, 0.2) is 0 Å². The number of amides is 1. The number of carbonyl (C=O) groups is 1. The van der Waals surface area contributed by atoms with Crippen LogP contribution in [0.25, 0.3) is 0 Å². The van der Waals surface area contributed by atoms with Crippen molar-refractivity contribution in [1.82, 2.24) is 14.9 Å². The van der Waals surface area contributed by atoms with Crippen molar-refractivity contribution in [3.8, 4) is 0 Å². The number of hydrogen-bond donors (Lipinski definition) is 1. The van der Waals surface area contributed by atoms with Gasteiger partial charge in [0.1, 0.15) is 0 Å². The number of halogens is 3. The third-order valence-corrected chi connectivity index (χ3v) is 4.43. The van der Waals surface area contributed by atoms with Crippen LogP contribution in [0, 0.1) is 0 Å². The molecule has 2 fully saturated rings. The zero-order valence-electron chi connectivity index (χ0n) is 14.5. The van der Waals surface area contributed by atoms with Crippen molar-refractivity contribution in [2.75, 3.05) is 24.5 Å². The van der Waals surface area contributed by atoms with Crippen LogP contribution >= 0.6 is 0 Å². The molecule has 2 saturated heterocycles. The maximum atomic E-state index is 12.5. The molecule has 0 bridgehead atoms. The summed E-state index contributed by atoms with van der Waals surface area (Å²) in [4.78, 5) is 23.2. The Labute approximate surface area is 145 Å². The first-order valence-corrected chi connectivity index (χ1v) is 8.56. The van der Waals surface area contributed by atoms with Gasteiger partial charge in [0, 0.05) is 38.1 Å². The number of alkyl halides is 3. The summed E-state index contributed by atoms with van der Waals surface area (Å²) in [5, 5.41) is 0. The van der Waals surface area contributed by atoms with Gasteiger partial charge in [-0.25, -0.2) is 9.97 Å². The number of piperidine rings is 1. The molecule has 6 nitrogen and oxygen atoms in total. The second kappa shape index (κ2) is 7.99. The average Bonchev–Trinajstić information content (AvgIpc) is 2.95. The fourth-order valence-corrected chi connectivity index (χ4v) is 3.10. The van der Waals surface area contributed by atoms with Gasteiger partial charge in [-0.3, -0.25) is 4.79 Å². The second-order valence-corrected chi connectivity index (χ2v) is 5.91. The van der Waals surface area contributed by atoms with E-state index in [1.54, 1.807) is 0 Å². The van der Waals surface area contributed by atoms with Crippen LogP contribution in [0.5, 0.6) is 0 Å². The minimum Gasteiger partial charge on any atom is -0.341 e.